The van der Waals surface area contributed by atoms with Gasteiger partial charge in [-0.2, -0.15) is 13.2 Å². The van der Waals surface area contributed by atoms with Crippen LogP contribution < -0.4 is 10.4 Å². The number of nitrogens with zero attached hydrogens (tertiary/aromatic N) is 1. The summed E-state index contributed by atoms with van der Waals surface area (Å²) in [5.41, 5.74) is 2.73. The molecule has 6 rings (SSSR count). The molecule has 2 unspecified atom stereocenters. The van der Waals surface area contributed by atoms with E-state index in [1.807, 2.05) is 91.0 Å². The molecule has 3 atom stereocenters. The predicted octanol–water partition coefficient (Wildman–Crippen LogP) is 4.02. The van der Waals surface area contributed by atoms with Crippen molar-refractivity contribution in [2.45, 2.75) is 37.3 Å². The normalized spacial score (nSPS) is 22.9. The number of aliphatic carboxylic acids is 1. The topological polar surface area (TPSA) is 98.7 Å². The maximum atomic E-state index is 13.5. The van der Waals surface area contributed by atoms with Crippen molar-refractivity contribution in [1.29, 1.82) is 0 Å². The van der Waals surface area contributed by atoms with Crippen LogP contribution >= 0.6 is 0 Å². The Morgan fingerprint density at radius 1 is 0.902 bits per heavy atom. The number of carbonyl (C=O) groups excluding carboxylic acids is 2. The minimum absolute atomic E-state index is 0.123. The highest BCUT2D eigenvalue weighted by atomic mass is 19.4. The number of carboxylic acid groups (broad SMARTS) is 1. The van der Waals surface area contributed by atoms with Crippen LogP contribution in [-0.2, 0) is 14.3 Å². The number of alkyl halides is 3. The van der Waals surface area contributed by atoms with Crippen LogP contribution in [0.5, 0.6) is 0 Å². The standard InChI is InChI=1S/C29H33N2O3.C2HF3O2/c32-26(22-10-4-1-5-11-22)20-31-18-16-23(17-19-31)27(21-31)34-29(33)28(24-12-6-2-7-13-24)30-25-14-8-3-9-15-25;3-2(4,5)1(6)7/h1-15,23,26-28,30,32H,16-21H2;(H,6,7)/q+1;/p-1/t23?,26?,27-,28?,31?;/m0./s1. The number of esters is 1. The Labute approximate surface area is 236 Å². The highest BCUT2D eigenvalue weighted by Crippen LogP contribution is 2.38. The van der Waals surface area contributed by atoms with Gasteiger partial charge in [0.05, 0.1) is 13.1 Å². The molecule has 3 aliphatic heterocycles. The molecule has 7 nitrogen and oxygen atoms in total. The third-order valence-corrected chi connectivity index (χ3v) is 7.74. The molecule has 41 heavy (non-hydrogen) atoms. The molecule has 3 fully saturated rings. The lowest BCUT2D eigenvalue weighted by molar-refractivity contribution is -0.949. The van der Waals surface area contributed by atoms with E-state index in [1.165, 1.54) is 0 Å². The lowest BCUT2D eigenvalue weighted by Gasteiger charge is -2.52. The van der Waals surface area contributed by atoms with Gasteiger partial charge in [-0.05, 0) is 23.3 Å². The van der Waals surface area contributed by atoms with E-state index in [1.54, 1.807) is 0 Å². The van der Waals surface area contributed by atoms with Crippen molar-refractivity contribution in [3.05, 3.63) is 102 Å². The van der Waals surface area contributed by atoms with E-state index < -0.39 is 24.3 Å². The number of nitrogens with one attached hydrogen (secondary N) is 1. The molecule has 10 heteroatoms. The van der Waals surface area contributed by atoms with E-state index >= 15 is 0 Å². The number of rotatable bonds is 8. The van der Waals surface area contributed by atoms with E-state index in [0.717, 1.165) is 53.8 Å². The summed E-state index contributed by atoms with van der Waals surface area (Å²) < 4.78 is 38.6. The number of quaternary nitrogens is 1. The lowest BCUT2D eigenvalue weighted by atomic mass is 9.82. The molecule has 3 aliphatic rings. The highest BCUT2D eigenvalue weighted by Gasteiger charge is 2.49. The second kappa shape index (κ2) is 13.2. The average Bonchev–Trinajstić information content (AvgIpc) is 2.97. The first-order chi connectivity index (χ1) is 19.6. The van der Waals surface area contributed by atoms with Gasteiger partial charge >= 0.3 is 12.1 Å². The number of hydrogen-bond acceptors (Lipinski definition) is 6. The second-order valence-corrected chi connectivity index (χ2v) is 10.5. The second-order valence-electron chi connectivity index (χ2n) is 10.5. The number of carbonyl (C=O) groups is 2. The van der Waals surface area contributed by atoms with E-state index in [-0.39, 0.29) is 12.1 Å². The van der Waals surface area contributed by atoms with Gasteiger partial charge in [0.1, 0.15) is 25.2 Å². The molecule has 3 saturated heterocycles. The Balaban J connectivity index is 0.000000493. The fourth-order valence-corrected chi connectivity index (χ4v) is 5.60. The molecule has 0 radical (unpaired) electrons. The Bertz CT molecular complexity index is 1270. The molecule has 2 bridgehead atoms. The van der Waals surface area contributed by atoms with Crippen molar-refractivity contribution >= 4 is 17.6 Å². The van der Waals surface area contributed by atoms with Crippen LogP contribution in [0.2, 0.25) is 0 Å². The number of aliphatic hydroxyl groups is 1. The van der Waals surface area contributed by atoms with Gasteiger partial charge in [0.2, 0.25) is 0 Å². The maximum Gasteiger partial charge on any atom is 0.430 e. The van der Waals surface area contributed by atoms with Crippen LogP contribution in [0.1, 0.15) is 36.1 Å². The Kier molecular flexibility index (Phi) is 9.67. The van der Waals surface area contributed by atoms with Gasteiger partial charge in [0.25, 0.3) is 0 Å². The number of piperidine rings is 3. The summed E-state index contributed by atoms with van der Waals surface area (Å²) in [5.74, 6) is -2.85. The number of fused-ring (bicyclic) bond motifs is 3. The predicted molar refractivity (Wildman–Crippen MR) is 144 cm³/mol. The fraction of sp³-hybridized carbons (Fsp3) is 0.355. The number of ether oxygens (including phenoxy) is 1. The molecule has 3 heterocycles. The van der Waals surface area contributed by atoms with Gasteiger partial charge in [-0.15, -0.1) is 0 Å². The van der Waals surface area contributed by atoms with Crippen LogP contribution in [0.15, 0.2) is 91.0 Å². The number of halogens is 3. The van der Waals surface area contributed by atoms with Crippen molar-refractivity contribution in [3.8, 4) is 0 Å². The van der Waals surface area contributed by atoms with Crippen LogP contribution in [-0.4, -0.2) is 60.0 Å². The summed E-state index contributed by atoms with van der Waals surface area (Å²) in [6.45, 7) is 3.50. The molecule has 3 aromatic carbocycles. The highest BCUT2D eigenvalue weighted by molar-refractivity contribution is 5.81. The van der Waals surface area contributed by atoms with E-state index in [2.05, 4.69) is 5.32 Å². The fourth-order valence-electron chi connectivity index (χ4n) is 5.60. The molecule has 3 aromatic rings. The van der Waals surface area contributed by atoms with Crippen molar-refractivity contribution < 1.29 is 42.2 Å². The number of anilines is 1. The summed E-state index contributed by atoms with van der Waals surface area (Å²) in [6, 6.07) is 28.9. The molecule has 0 aromatic heterocycles. The molecule has 2 N–H and O–H groups in total. The number of aliphatic hydroxyl groups excluding tert-OH is 1. The monoisotopic (exact) mass is 570 g/mol. The number of carboxylic acids is 1. The largest absolute Gasteiger partial charge is 0.542 e. The average molecular weight is 571 g/mol. The molecule has 0 amide bonds. The Hall–Kier alpha value is -3.89. The zero-order chi connectivity index (χ0) is 29.5. The first kappa shape index (κ1) is 30.1. The number of para-hydroxylation sites is 1. The zero-order valence-electron chi connectivity index (χ0n) is 22.4. The maximum absolute atomic E-state index is 13.5. The first-order valence-corrected chi connectivity index (χ1v) is 13.5. The lowest BCUT2D eigenvalue weighted by Crippen LogP contribution is -2.65. The molecular weight excluding hydrogens is 537 g/mol. The van der Waals surface area contributed by atoms with Crippen LogP contribution in [0.4, 0.5) is 18.9 Å². The molecule has 218 valence electrons. The third kappa shape index (κ3) is 8.08. The quantitative estimate of drug-likeness (QED) is 0.314. The van der Waals surface area contributed by atoms with Crippen molar-refractivity contribution in [2.24, 2.45) is 5.92 Å². The van der Waals surface area contributed by atoms with E-state index in [0.29, 0.717) is 12.5 Å². The molecular formula is C31H33F3N2O5. The van der Waals surface area contributed by atoms with Gasteiger partial charge in [0.15, 0.2) is 12.1 Å². The van der Waals surface area contributed by atoms with Crippen LogP contribution in [0.25, 0.3) is 0 Å². The van der Waals surface area contributed by atoms with Gasteiger partial charge < -0.3 is 29.5 Å². The summed E-state index contributed by atoms with van der Waals surface area (Å²) >= 11 is 0. The Morgan fingerprint density at radius 2 is 1.39 bits per heavy atom. The van der Waals surface area contributed by atoms with Gasteiger partial charge in [-0.3, -0.25) is 0 Å². The number of benzene rings is 3. The third-order valence-electron chi connectivity index (χ3n) is 7.74. The molecule has 0 saturated carbocycles. The van der Waals surface area contributed by atoms with Crippen molar-refractivity contribution in [3.63, 3.8) is 0 Å². The minimum Gasteiger partial charge on any atom is -0.542 e. The van der Waals surface area contributed by atoms with E-state index in [9.17, 15) is 23.1 Å². The smallest absolute Gasteiger partial charge is 0.430 e. The van der Waals surface area contributed by atoms with Gasteiger partial charge in [-0.25, -0.2) is 4.79 Å². The molecule has 0 aliphatic carbocycles. The summed E-state index contributed by atoms with van der Waals surface area (Å²) in [6.07, 6.45) is -3.77. The van der Waals surface area contributed by atoms with Crippen molar-refractivity contribution in [2.75, 3.05) is 31.5 Å². The summed E-state index contributed by atoms with van der Waals surface area (Å²) in [7, 11) is 0. The Morgan fingerprint density at radius 3 is 1.90 bits per heavy atom. The molecule has 0 spiro atoms. The van der Waals surface area contributed by atoms with Crippen LogP contribution in [0, 0.1) is 5.92 Å². The summed E-state index contributed by atoms with van der Waals surface area (Å²) in [5, 5.41) is 23.1. The van der Waals surface area contributed by atoms with Crippen molar-refractivity contribution in [1.82, 2.24) is 0 Å². The minimum atomic E-state index is -5.19. The summed E-state index contributed by atoms with van der Waals surface area (Å²) in [4.78, 5) is 22.3. The first-order valence-electron chi connectivity index (χ1n) is 13.5. The van der Waals surface area contributed by atoms with E-state index in [4.69, 9.17) is 14.6 Å². The van der Waals surface area contributed by atoms with Crippen LogP contribution in [0.3, 0.4) is 0 Å². The van der Waals surface area contributed by atoms with Gasteiger partial charge in [0, 0.05) is 24.4 Å². The number of hydrogen-bond donors (Lipinski definition) is 2. The SMILES string of the molecule is O=C(O[C@H]1C[N+]2(CC(O)c3ccccc3)CCC1CC2)C(Nc1ccccc1)c1ccccc1.O=C([O-])C(F)(F)F. The zero-order valence-corrected chi connectivity index (χ0v) is 22.4. The van der Waals surface area contributed by atoms with Gasteiger partial charge in [-0.1, -0.05) is 78.9 Å².